The van der Waals surface area contributed by atoms with Crippen LogP contribution in [0.2, 0.25) is 0 Å². The summed E-state index contributed by atoms with van der Waals surface area (Å²) < 4.78 is 0.748. The van der Waals surface area contributed by atoms with Gasteiger partial charge in [-0.05, 0) is 34.1 Å². The first-order valence-electron chi connectivity index (χ1n) is 8.60. The Balaban J connectivity index is 1.41. The maximum atomic E-state index is 12.3. The number of amides is 2. The molecule has 6 nitrogen and oxygen atoms in total. The molecule has 2 amide bonds. The number of hydrogen-bond donors (Lipinski definition) is 1. The molecule has 0 aliphatic carbocycles. The number of carbonyl (C=O) groups excluding carboxylic acids is 2. The molecule has 2 heterocycles. The third kappa shape index (κ3) is 4.82. The van der Waals surface area contributed by atoms with E-state index in [2.05, 4.69) is 43.3 Å². The molecule has 1 aliphatic heterocycles. The zero-order valence-corrected chi connectivity index (χ0v) is 16.0. The monoisotopic (exact) mass is 416 g/mol. The van der Waals surface area contributed by atoms with Crippen molar-refractivity contribution in [1.82, 2.24) is 15.2 Å². The predicted octanol–water partition coefficient (Wildman–Crippen LogP) is 2.31. The topological polar surface area (TPSA) is 65.5 Å². The van der Waals surface area contributed by atoms with E-state index in [0.29, 0.717) is 31.6 Å². The molecule has 0 saturated carbocycles. The average Bonchev–Trinajstić information content (AvgIpc) is 2.68. The molecule has 0 unspecified atom stereocenters. The molecule has 7 heteroatoms. The third-order valence-corrected chi connectivity index (χ3v) is 4.78. The van der Waals surface area contributed by atoms with Gasteiger partial charge in [0.05, 0.1) is 5.56 Å². The van der Waals surface area contributed by atoms with Gasteiger partial charge >= 0.3 is 0 Å². The number of hydrogen-bond acceptors (Lipinski definition) is 4. The number of pyridine rings is 1. The number of benzene rings is 1. The third-order valence-electron chi connectivity index (χ3n) is 4.35. The molecular formula is C19H21BrN4O2. The molecule has 1 aromatic heterocycles. The van der Waals surface area contributed by atoms with Crippen molar-refractivity contribution >= 4 is 33.4 Å². The summed E-state index contributed by atoms with van der Waals surface area (Å²) in [7, 11) is 0. The van der Waals surface area contributed by atoms with Crippen molar-refractivity contribution in [2.75, 3.05) is 37.6 Å². The molecule has 0 spiro atoms. The van der Waals surface area contributed by atoms with Crippen molar-refractivity contribution in [3.8, 4) is 0 Å². The Bertz CT molecular complexity index is 761. The standard InChI is InChI=1S/C19H21BrN4O2/c20-16-12-15(13-21-14-16)19(26)22-7-6-18(25)24-10-8-23(9-11-24)17-4-2-1-3-5-17/h1-5,12-14H,6-11H2,(H,22,26). The lowest BCUT2D eigenvalue weighted by atomic mass is 10.2. The highest BCUT2D eigenvalue weighted by atomic mass is 79.9. The molecule has 0 atom stereocenters. The van der Waals surface area contributed by atoms with Crippen LogP contribution in [0.4, 0.5) is 5.69 Å². The van der Waals surface area contributed by atoms with Crippen LogP contribution in [-0.2, 0) is 4.79 Å². The number of rotatable bonds is 5. The Morgan fingerprint density at radius 3 is 2.50 bits per heavy atom. The van der Waals surface area contributed by atoms with Gasteiger partial charge in [0.25, 0.3) is 5.91 Å². The Kier molecular flexibility index (Phi) is 6.22. The summed E-state index contributed by atoms with van der Waals surface area (Å²) in [5.74, 6) is -0.147. The molecule has 1 aliphatic rings. The van der Waals surface area contributed by atoms with Gasteiger partial charge in [-0.15, -0.1) is 0 Å². The number of aromatic nitrogens is 1. The van der Waals surface area contributed by atoms with Gasteiger partial charge in [-0.25, -0.2) is 0 Å². The van der Waals surface area contributed by atoms with Crippen molar-refractivity contribution in [3.63, 3.8) is 0 Å². The van der Waals surface area contributed by atoms with E-state index in [9.17, 15) is 9.59 Å². The highest BCUT2D eigenvalue weighted by Crippen LogP contribution is 2.15. The second-order valence-electron chi connectivity index (χ2n) is 6.10. The van der Waals surface area contributed by atoms with Gasteiger partial charge in [0.1, 0.15) is 0 Å². The summed E-state index contributed by atoms with van der Waals surface area (Å²) >= 11 is 3.29. The van der Waals surface area contributed by atoms with Gasteiger partial charge < -0.3 is 15.1 Å². The number of carbonyl (C=O) groups is 2. The smallest absolute Gasteiger partial charge is 0.252 e. The minimum absolute atomic E-state index is 0.0744. The minimum Gasteiger partial charge on any atom is -0.368 e. The van der Waals surface area contributed by atoms with Crippen molar-refractivity contribution in [3.05, 3.63) is 58.8 Å². The highest BCUT2D eigenvalue weighted by Gasteiger charge is 2.21. The molecule has 0 bridgehead atoms. The van der Waals surface area contributed by atoms with E-state index in [1.54, 1.807) is 12.3 Å². The first-order valence-corrected chi connectivity index (χ1v) is 9.39. The Hall–Kier alpha value is -2.41. The second-order valence-corrected chi connectivity index (χ2v) is 7.02. The molecule has 1 fully saturated rings. The summed E-state index contributed by atoms with van der Waals surface area (Å²) in [5, 5.41) is 2.77. The van der Waals surface area contributed by atoms with Crippen LogP contribution in [0, 0.1) is 0 Å². The van der Waals surface area contributed by atoms with Crippen LogP contribution >= 0.6 is 15.9 Å². The Morgan fingerprint density at radius 2 is 1.81 bits per heavy atom. The molecule has 136 valence electrons. The first kappa shape index (κ1) is 18.4. The molecular weight excluding hydrogens is 396 g/mol. The quantitative estimate of drug-likeness (QED) is 0.811. The molecule has 3 rings (SSSR count). The van der Waals surface area contributed by atoms with Gasteiger partial charge in [0, 0.05) is 61.7 Å². The lowest BCUT2D eigenvalue weighted by Crippen LogP contribution is -2.49. The van der Waals surface area contributed by atoms with E-state index >= 15 is 0 Å². The van der Waals surface area contributed by atoms with Crippen LogP contribution in [0.25, 0.3) is 0 Å². The van der Waals surface area contributed by atoms with Gasteiger partial charge in [-0.3, -0.25) is 14.6 Å². The van der Waals surface area contributed by atoms with Gasteiger partial charge in [0.15, 0.2) is 0 Å². The summed E-state index contributed by atoms with van der Waals surface area (Å²) in [5.41, 5.74) is 1.66. The maximum absolute atomic E-state index is 12.3. The zero-order chi connectivity index (χ0) is 18.4. The van der Waals surface area contributed by atoms with E-state index in [1.165, 1.54) is 11.9 Å². The first-order chi connectivity index (χ1) is 12.6. The molecule has 2 aromatic rings. The fourth-order valence-electron chi connectivity index (χ4n) is 2.93. The number of para-hydroxylation sites is 1. The highest BCUT2D eigenvalue weighted by molar-refractivity contribution is 9.10. The van der Waals surface area contributed by atoms with Gasteiger partial charge in [-0.2, -0.15) is 0 Å². The van der Waals surface area contributed by atoms with Gasteiger partial charge in [0.2, 0.25) is 5.91 Å². The van der Waals surface area contributed by atoms with Crippen LogP contribution in [0.15, 0.2) is 53.3 Å². The number of halogens is 1. The van der Waals surface area contributed by atoms with E-state index < -0.39 is 0 Å². The van der Waals surface area contributed by atoms with Crippen LogP contribution in [0.5, 0.6) is 0 Å². The molecule has 0 radical (unpaired) electrons. The summed E-state index contributed by atoms with van der Waals surface area (Å²) in [6.45, 7) is 3.38. The van der Waals surface area contributed by atoms with E-state index in [4.69, 9.17) is 0 Å². The van der Waals surface area contributed by atoms with Crippen LogP contribution in [0.3, 0.4) is 0 Å². The number of nitrogens with zero attached hydrogens (tertiary/aromatic N) is 3. The molecule has 1 saturated heterocycles. The molecule has 1 N–H and O–H groups in total. The number of nitrogens with one attached hydrogen (secondary N) is 1. The maximum Gasteiger partial charge on any atom is 0.252 e. The number of piperazine rings is 1. The summed E-state index contributed by atoms with van der Waals surface area (Å²) in [6.07, 6.45) is 3.43. The second kappa shape index (κ2) is 8.80. The lowest BCUT2D eigenvalue weighted by Gasteiger charge is -2.36. The van der Waals surface area contributed by atoms with E-state index in [-0.39, 0.29) is 11.8 Å². The fraction of sp³-hybridized carbons (Fsp3) is 0.316. The SMILES string of the molecule is O=C(NCCC(=O)N1CCN(c2ccccc2)CC1)c1cncc(Br)c1. The van der Waals surface area contributed by atoms with Crippen molar-refractivity contribution in [1.29, 1.82) is 0 Å². The van der Waals surface area contributed by atoms with Crippen LogP contribution in [-0.4, -0.2) is 54.4 Å². The minimum atomic E-state index is -0.222. The number of anilines is 1. The molecule has 1 aromatic carbocycles. The van der Waals surface area contributed by atoms with Gasteiger partial charge in [-0.1, -0.05) is 18.2 Å². The van der Waals surface area contributed by atoms with Crippen LogP contribution in [0.1, 0.15) is 16.8 Å². The lowest BCUT2D eigenvalue weighted by molar-refractivity contribution is -0.131. The van der Waals surface area contributed by atoms with Crippen molar-refractivity contribution in [2.45, 2.75) is 6.42 Å². The average molecular weight is 417 g/mol. The Labute approximate surface area is 161 Å². The van der Waals surface area contributed by atoms with Crippen LogP contribution < -0.4 is 10.2 Å². The van der Waals surface area contributed by atoms with Crippen molar-refractivity contribution < 1.29 is 9.59 Å². The predicted molar refractivity (Wildman–Crippen MR) is 104 cm³/mol. The fourth-order valence-corrected chi connectivity index (χ4v) is 3.30. The summed E-state index contributed by atoms with van der Waals surface area (Å²) in [4.78, 5) is 32.5. The summed E-state index contributed by atoms with van der Waals surface area (Å²) in [6, 6.07) is 11.9. The molecule has 26 heavy (non-hydrogen) atoms. The normalized spacial score (nSPS) is 14.2. The Morgan fingerprint density at radius 1 is 1.08 bits per heavy atom. The largest absolute Gasteiger partial charge is 0.368 e. The van der Waals surface area contributed by atoms with E-state index in [0.717, 1.165) is 17.6 Å². The zero-order valence-electron chi connectivity index (χ0n) is 14.4. The van der Waals surface area contributed by atoms with Crippen molar-refractivity contribution in [2.24, 2.45) is 0 Å². The van der Waals surface area contributed by atoms with E-state index in [1.807, 2.05) is 23.1 Å².